The van der Waals surface area contributed by atoms with E-state index in [1.54, 1.807) is 4.90 Å². The highest BCUT2D eigenvalue weighted by molar-refractivity contribution is 5.79. The van der Waals surface area contributed by atoms with Gasteiger partial charge in [-0.1, -0.05) is 20.8 Å². The Morgan fingerprint density at radius 3 is 2.50 bits per heavy atom. The zero-order valence-corrected chi connectivity index (χ0v) is 10.6. The van der Waals surface area contributed by atoms with Crippen LogP contribution < -0.4 is 5.73 Å². The van der Waals surface area contributed by atoms with E-state index in [4.69, 9.17) is 11.0 Å². The van der Waals surface area contributed by atoms with Crippen LogP contribution in [0.2, 0.25) is 0 Å². The molecule has 0 aromatic carbocycles. The second-order valence-electron chi connectivity index (χ2n) is 4.43. The van der Waals surface area contributed by atoms with Crippen LogP contribution in [-0.2, 0) is 4.79 Å². The molecule has 0 radical (unpaired) electrons. The minimum absolute atomic E-state index is 0.0916. The number of hydrogen-bond acceptors (Lipinski definition) is 3. The Kier molecular flexibility index (Phi) is 7.57. The summed E-state index contributed by atoms with van der Waals surface area (Å²) in [6.45, 7) is 7.71. The molecule has 92 valence electrons. The van der Waals surface area contributed by atoms with E-state index in [9.17, 15) is 4.79 Å². The van der Waals surface area contributed by atoms with Crippen molar-refractivity contribution in [2.24, 2.45) is 17.6 Å². The van der Waals surface area contributed by atoms with Crippen LogP contribution >= 0.6 is 0 Å². The Labute approximate surface area is 98.4 Å². The average Bonchev–Trinajstić information content (AvgIpc) is 2.25. The molecule has 1 unspecified atom stereocenters. The van der Waals surface area contributed by atoms with Crippen LogP contribution in [0.3, 0.4) is 0 Å². The van der Waals surface area contributed by atoms with Gasteiger partial charge in [0.15, 0.2) is 0 Å². The molecule has 2 N–H and O–H groups in total. The molecule has 0 saturated carbocycles. The van der Waals surface area contributed by atoms with Crippen molar-refractivity contribution >= 4 is 5.91 Å². The quantitative estimate of drug-likeness (QED) is 0.711. The van der Waals surface area contributed by atoms with Crippen molar-refractivity contribution in [3.05, 3.63) is 0 Å². The molecule has 0 rings (SSSR count). The molecule has 4 heteroatoms. The molecule has 0 aliphatic carbocycles. The monoisotopic (exact) mass is 225 g/mol. The van der Waals surface area contributed by atoms with Crippen molar-refractivity contribution in [2.75, 3.05) is 19.6 Å². The van der Waals surface area contributed by atoms with Gasteiger partial charge in [0, 0.05) is 19.6 Å². The van der Waals surface area contributed by atoms with E-state index in [1.165, 1.54) is 0 Å². The van der Waals surface area contributed by atoms with Crippen LogP contribution in [0.25, 0.3) is 0 Å². The maximum Gasteiger partial charge on any atom is 0.226 e. The van der Waals surface area contributed by atoms with Crippen LogP contribution in [-0.4, -0.2) is 30.4 Å². The van der Waals surface area contributed by atoms with E-state index < -0.39 is 0 Å². The Morgan fingerprint density at radius 2 is 2.12 bits per heavy atom. The van der Waals surface area contributed by atoms with Gasteiger partial charge in [0.2, 0.25) is 5.91 Å². The summed E-state index contributed by atoms with van der Waals surface area (Å²) >= 11 is 0. The molecule has 0 saturated heterocycles. The normalized spacial score (nSPS) is 12.2. The summed E-state index contributed by atoms with van der Waals surface area (Å²) in [6.07, 6.45) is 1.15. The Balaban J connectivity index is 4.48. The fourth-order valence-corrected chi connectivity index (χ4v) is 1.62. The summed E-state index contributed by atoms with van der Waals surface area (Å²) < 4.78 is 0. The number of hydrogen-bond donors (Lipinski definition) is 1. The van der Waals surface area contributed by atoms with Crippen molar-refractivity contribution in [3.8, 4) is 6.07 Å². The topological polar surface area (TPSA) is 70.1 Å². The minimum Gasteiger partial charge on any atom is -0.341 e. The van der Waals surface area contributed by atoms with Gasteiger partial charge in [0.25, 0.3) is 0 Å². The van der Waals surface area contributed by atoms with Gasteiger partial charge in [-0.15, -0.1) is 0 Å². The molecule has 0 aromatic rings. The van der Waals surface area contributed by atoms with Gasteiger partial charge in [-0.25, -0.2) is 0 Å². The van der Waals surface area contributed by atoms with Gasteiger partial charge in [0.1, 0.15) is 0 Å². The molecular weight excluding hydrogens is 202 g/mol. The Hall–Kier alpha value is -1.08. The smallest absolute Gasteiger partial charge is 0.226 e. The zero-order chi connectivity index (χ0) is 12.6. The molecule has 0 bridgehead atoms. The van der Waals surface area contributed by atoms with Crippen LogP contribution in [0, 0.1) is 23.2 Å². The van der Waals surface area contributed by atoms with Crippen LogP contribution in [0.4, 0.5) is 0 Å². The summed E-state index contributed by atoms with van der Waals surface area (Å²) in [4.78, 5) is 13.9. The lowest BCUT2D eigenvalue weighted by atomic mass is 10.0. The molecule has 0 aromatic heterocycles. The van der Waals surface area contributed by atoms with E-state index in [1.807, 2.05) is 6.92 Å². The zero-order valence-electron chi connectivity index (χ0n) is 10.6. The fourth-order valence-electron chi connectivity index (χ4n) is 1.62. The number of carbonyl (C=O) groups excluding carboxylic acids is 1. The van der Waals surface area contributed by atoms with Gasteiger partial charge in [-0.3, -0.25) is 4.79 Å². The molecule has 0 aliphatic rings. The van der Waals surface area contributed by atoms with Gasteiger partial charge in [0.05, 0.1) is 18.4 Å². The Morgan fingerprint density at radius 1 is 1.50 bits per heavy atom. The number of nitrogens with zero attached hydrogens (tertiary/aromatic N) is 2. The summed E-state index contributed by atoms with van der Waals surface area (Å²) in [5, 5.41) is 8.57. The van der Waals surface area contributed by atoms with Crippen LogP contribution in [0.15, 0.2) is 0 Å². The first-order chi connectivity index (χ1) is 7.56. The fraction of sp³-hybridized carbons (Fsp3) is 0.833. The van der Waals surface area contributed by atoms with Crippen LogP contribution in [0.1, 0.15) is 33.6 Å². The van der Waals surface area contributed by atoms with E-state index in [0.717, 1.165) is 6.42 Å². The van der Waals surface area contributed by atoms with Gasteiger partial charge < -0.3 is 10.6 Å². The number of amides is 1. The first-order valence-corrected chi connectivity index (χ1v) is 5.92. The standard InChI is InChI=1S/C12H23N3O/c1-4-11(8-14)12(16)15(7-5-6-13)9-10(2)3/h10-11H,4-5,7-9,14H2,1-3H3. The second-order valence-corrected chi connectivity index (χ2v) is 4.43. The number of rotatable bonds is 7. The van der Waals surface area contributed by atoms with Crippen molar-refractivity contribution in [2.45, 2.75) is 33.6 Å². The van der Waals surface area contributed by atoms with Crippen LogP contribution in [0.5, 0.6) is 0 Å². The molecule has 4 nitrogen and oxygen atoms in total. The summed E-state index contributed by atoms with van der Waals surface area (Å²) in [5.41, 5.74) is 5.57. The van der Waals surface area contributed by atoms with Gasteiger partial charge in [-0.2, -0.15) is 5.26 Å². The van der Waals surface area contributed by atoms with Crippen molar-refractivity contribution in [1.82, 2.24) is 4.90 Å². The lowest BCUT2D eigenvalue weighted by molar-refractivity contribution is -0.135. The molecule has 0 aliphatic heterocycles. The van der Waals surface area contributed by atoms with Crippen molar-refractivity contribution in [3.63, 3.8) is 0 Å². The maximum atomic E-state index is 12.1. The first kappa shape index (κ1) is 14.9. The van der Waals surface area contributed by atoms with E-state index in [0.29, 0.717) is 32.0 Å². The number of nitrogens with two attached hydrogens (primary N) is 1. The SMILES string of the molecule is CCC(CN)C(=O)N(CCC#N)CC(C)C. The highest BCUT2D eigenvalue weighted by Gasteiger charge is 2.21. The predicted molar refractivity (Wildman–Crippen MR) is 64.5 cm³/mol. The highest BCUT2D eigenvalue weighted by Crippen LogP contribution is 2.09. The van der Waals surface area contributed by atoms with Gasteiger partial charge in [-0.05, 0) is 12.3 Å². The summed E-state index contributed by atoms with van der Waals surface area (Å²) in [5.74, 6) is 0.407. The molecule has 1 amide bonds. The van der Waals surface area contributed by atoms with Crippen molar-refractivity contribution < 1.29 is 4.79 Å². The molecule has 0 spiro atoms. The third-order valence-corrected chi connectivity index (χ3v) is 2.52. The third-order valence-electron chi connectivity index (χ3n) is 2.52. The highest BCUT2D eigenvalue weighted by atomic mass is 16.2. The van der Waals surface area contributed by atoms with Gasteiger partial charge >= 0.3 is 0 Å². The lowest BCUT2D eigenvalue weighted by Crippen LogP contribution is -2.41. The summed E-state index contributed by atoms with van der Waals surface area (Å²) in [6, 6.07) is 2.08. The molecule has 1 atom stereocenters. The van der Waals surface area contributed by atoms with E-state index >= 15 is 0 Å². The lowest BCUT2D eigenvalue weighted by Gasteiger charge is -2.27. The number of nitriles is 1. The largest absolute Gasteiger partial charge is 0.341 e. The Bertz CT molecular complexity index is 241. The molecule has 0 heterocycles. The van der Waals surface area contributed by atoms with E-state index in [2.05, 4.69) is 19.9 Å². The predicted octanol–water partition coefficient (Wildman–Crippen LogP) is 1.37. The third kappa shape index (κ3) is 5.13. The number of carbonyl (C=O) groups is 1. The van der Waals surface area contributed by atoms with Crippen molar-refractivity contribution in [1.29, 1.82) is 5.26 Å². The van der Waals surface area contributed by atoms with E-state index in [-0.39, 0.29) is 11.8 Å². The minimum atomic E-state index is -0.0996. The molecule has 0 fully saturated rings. The molecular formula is C12H23N3O. The summed E-state index contributed by atoms with van der Waals surface area (Å²) in [7, 11) is 0. The maximum absolute atomic E-state index is 12.1. The molecule has 16 heavy (non-hydrogen) atoms. The second kappa shape index (κ2) is 8.12. The average molecular weight is 225 g/mol. The first-order valence-electron chi connectivity index (χ1n) is 5.92.